The molecule has 0 spiro atoms. The van der Waals surface area contributed by atoms with Crippen LogP contribution in [-0.4, -0.2) is 27.8 Å². The van der Waals surface area contributed by atoms with Crippen LogP contribution in [0.3, 0.4) is 0 Å². The number of hydrogen-bond donors (Lipinski definition) is 0. The van der Waals surface area contributed by atoms with E-state index in [1.54, 1.807) is 0 Å². The Bertz CT molecular complexity index is 2930. The SMILES string of the molecule is c1ccc(-c2nc(-n3c4ccccc4c4ccc5c6ccccc6oc5c43)n[c]3c2-c2cccc[c]2[Ge]3([c]2ccccc2)[c]2ccccc2)cc1. The van der Waals surface area contributed by atoms with Gasteiger partial charge in [-0.15, -0.1) is 0 Å². The predicted octanol–water partition coefficient (Wildman–Crippen LogP) is 8.50. The molecule has 4 nitrogen and oxygen atoms in total. The van der Waals surface area contributed by atoms with Gasteiger partial charge in [0.15, 0.2) is 0 Å². The average Bonchev–Trinajstić information content (AvgIpc) is 3.85. The summed E-state index contributed by atoms with van der Waals surface area (Å²) in [5.41, 5.74) is 8.14. The number of rotatable bonds is 4. The van der Waals surface area contributed by atoms with Crippen LogP contribution in [0.25, 0.3) is 72.1 Å². The van der Waals surface area contributed by atoms with Gasteiger partial charge in [0.1, 0.15) is 0 Å². The van der Waals surface area contributed by atoms with Crippen LogP contribution >= 0.6 is 0 Å². The van der Waals surface area contributed by atoms with Crippen LogP contribution in [0.2, 0.25) is 0 Å². The van der Waals surface area contributed by atoms with Gasteiger partial charge in [-0.3, -0.25) is 0 Å². The zero-order valence-electron chi connectivity index (χ0n) is 27.5. The summed E-state index contributed by atoms with van der Waals surface area (Å²) < 4.78 is 14.2. The second-order valence-electron chi connectivity index (χ2n) is 13.3. The molecule has 51 heavy (non-hydrogen) atoms. The molecular weight excluding hydrogens is 683 g/mol. The van der Waals surface area contributed by atoms with E-state index in [-0.39, 0.29) is 0 Å². The first-order valence-corrected chi connectivity index (χ1v) is 21.5. The Balaban J connectivity index is 1.35. The molecule has 10 aromatic rings. The van der Waals surface area contributed by atoms with E-state index >= 15 is 0 Å². The first-order valence-electron chi connectivity index (χ1n) is 17.3. The molecule has 0 bridgehead atoms. The van der Waals surface area contributed by atoms with E-state index in [0.29, 0.717) is 5.95 Å². The molecule has 1 aliphatic rings. The van der Waals surface area contributed by atoms with Crippen molar-refractivity contribution >= 4 is 74.7 Å². The third-order valence-corrected chi connectivity index (χ3v) is 20.6. The number of para-hydroxylation sites is 2. The van der Waals surface area contributed by atoms with Crippen molar-refractivity contribution in [3.8, 4) is 28.3 Å². The molecule has 0 aliphatic carbocycles. The van der Waals surface area contributed by atoms with Gasteiger partial charge in [0.2, 0.25) is 0 Å². The van der Waals surface area contributed by atoms with Crippen LogP contribution in [0.5, 0.6) is 0 Å². The summed E-state index contributed by atoms with van der Waals surface area (Å²) >= 11 is -3.72. The molecule has 238 valence electrons. The van der Waals surface area contributed by atoms with Gasteiger partial charge < -0.3 is 0 Å². The Morgan fingerprint density at radius 2 is 1.10 bits per heavy atom. The van der Waals surface area contributed by atoms with Crippen molar-refractivity contribution in [1.82, 2.24) is 14.5 Å². The van der Waals surface area contributed by atoms with Crippen molar-refractivity contribution in [1.29, 1.82) is 0 Å². The average molecular weight is 712 g/mol. The Morgan fingerprint density at radius 3 is 1.86 bits per heavy atom. The van der Waals surface area contributed by atoms with Crippen LogP contribution in [0.4, 0.5) is 0 Å². The molecular formula is C46H29GeN3O. The third-order valence-electron chi connectivity index (χ3n) is 10.7. The second-order valence-corrected chi connectivity index (χ2v) is 21.0. The number of furan rings is 1. The van der Waals surface area contributed by atoms with Crippen LogP contribution < -0.4 is 17.7 Å². The van der Waals surface area contributed by atoms with Gasteiger partial charge in [0.25, 0.3) is 0 Å². The maximum atomic E-state index is 6.73. The molecule has 0 unspecified atom stereocenters. The minimum atomic E-state index is -3.72. The summed E-state index contributed by atoms with van der Waals surface area (Å²) in [6.45, 7) is 0. The van der Waals surface area contributed by atoms with Crippen molar-refractivity contribution in [2.24, 2.45) is 0 Å². The Morgan fingerprint density at radius 1 is 0.490 bits per heavy atom. The normalized spacial score (nSPS) is 13.3. The minimum absolute atomic E-state index is 0.654. The van der Waals surface area contributed by atoms with Crippen LogP contribution in [0, 0.1) is 0 Å². The van der Waals surface area contributed by atoms with Crippen molar-refractivity contribution in [2.45, 2.75) is 0 Å². The zero-order valence-corrected chi connectivity index (χ0v) is 29.6. The summed E-state index contributed by atoms with van der Waals surface area (Å²) in [7, 11) is 0. The summed E-state index contributed by atoms with van der Waals surface area (Å²) in [6.07, 6.45) is 0. The Kier molecular flexibility index (Phi) is 6.10. The van der Waals surface area contributed by atoms with Gasteiger partial charge in [-0.05, 0) is 0 Å². The summed E-state index contributed by atoms with van der Waals surface area (Å²) in [4.78, 5) is 11.5. The van der Waals surface area contributed by atoms with E-state index in [9.17, 15) is 0 Å². The molecule has 4 heterocycles. The number of fused-ring (bicyclic) bond motifs is 10. The van der Waals surface area contributed by atoms with Gasteiger partial charge >= 0.3 is 298 Å². The fourth-order valence-electron chi connectivity index (χ4n) is 8.60. The van der Waals surface area contributed by atoms with Gasteiger partial charge in [-0.2, -0.15) is 0 Å². The molecule has 0 fully saturated rings. The molecule has 0 saturated carbocycles. The van der Waals surface area contributed by atoms with Crippen molar-refractivity contribution in [3.63, 3.8) is 0 Å². The molecule has 0 N–H and O–H groups in total. The molecule has 7 aromatic carbocycles. The fraction of sp³-hybridized carbons (Fsp3) is 0. The van der Waals surface area contributed by atoms with Gasteiger partial charge in [0, 0.05) is 0 Å². The summed E-state index contributed by atoms with van der Waals surface area (Å²) in [5.74, 6) is 0.654. The topological polar surface area (TPSA) is 43.9 Å². The predicted molar refractivity (Wildman–Crippen MR) is 212 cm³/mol. The maximum absolute atomic E-state index is 6.73. The van der Waals surface area contributed by atoms with Crippen LogP contribution in [0.15, 0.2) is 180 Å². The molecule has 1 aliphatic heterocycles. The number of hydrogen-bond acceptors (Lipinski definition) is 3. The summed E-state index contributed by atoms with van der Waals surface area (Å²) in [5, 5.41) is 4.44. The molecule has 5 heteroatoms. The van der Waals surface area contributed by atoms with Crippen LogP contribution in [-0.2, 0) is 0 Å². The van der Waals surface area contributed by atoms with Gasteiger partial charge in [0.05, 0.1) is 0 Å². The molecule has 0 atom stereocenters. The quantitative estimate of drug-likeness (QED) is 0.172. The second kappa shape index (κ2) is 10.9. The Labute approximate surface area is 296 Å². The van der Waals surface area contributed by atoms with Crippen molar-refractivity contribution in [2.75, 3.05) is 0 Å². The standard InChI is InChI=1S/C46H29GeN3O/c1-4-16-30(17-5-1)42-41-37-24-10-13-25-38(37)47(31-18-6-2-7-19-31,32-20-8-3-9-21-32)45(41)49-46(48-42)50-39-26-14-11-22-33(39)35-28-29-36-34-23-12-15-27-40(34)51-44(36)43(35)50/h1-29H. The number of aromatic nitrogens is 3. The molecule has 0 amide bonds. The molecule has 0 radical (unpaired) electrons. The number of nitrogens with zero attached hydrogens (tertiary/aromatic N) is 3. The van der Waals surface area contributed by atoms with E-state index in [1.807, 2.05) is 12.1 Å². The van der Waals surface area contributed by atoms with E-state index < -0.39 is 13.3 Å². The first-order chi connectivity index (χ1) is 25.3. The zero-order chi connectivity index (χ0) is 33.5. The van der Waals surface area contributed by atoms with Crippen molar-refractivity contribution < 1.29 is 4.42 Å². The van der Waals surface area contributed by atoms with Gasteiger partial charge in [-0.1, -0.05) is 0 Å². The van der Waals surface area contributed by atoms with E-state index in [4.69, 9.17) is 14.4 Å². The monoisotopic (exact) mass is 713 g/mol. The van der Waals surface area contributed by atoms with Crippen LogP contribution in [0.1, 0.15) is 0 Å². The molecule has 0 saturated heterocycles. The van der Waals surface area contributed by atoms with Gasteiger partial charge in [-0.25, -0.2) is 0 Å². The number of benzene rings is 7. The van der Waals surface area contributed by atoms with E-state index in [0.717, 1.165) is 65.1 Å². The van der Waals surface area contributed by atoms with E-state index in [1.165, 1.54) is 18.8 Å². The molecule has 3 aromatic heterocycles. The van der Waals surface area contributed by atoms with E-state index in [2.05, 4.69) is 168 Å². The van der Waals surface area contributed by atoms with Crippen molar-refractivity contribution in [3.05, 3.63) is 176 Å². The first kappa shape index (κ1) is 28.6. The molecule has 11 rings (SSSR count). The Hall–Kier alpha value is -6.24. The fourth-order valence-corrected chi connectivity index (χ4v) is 19.1. The summed E-state index contributed by atoms with van der Waals surface area (Å²) in [6, 6.07) is 63.1. The third kappa shape index (κ3) is 3.91.